The highest BCUT2D eigenvalue weighted by Gasteiger charge is 2.50. The third-order valence-electron chi connectivity index (χ3n) is 5.03. The van der Waals surface area contributed by atoms with Crippen LogP contribution in [-0.4, -0.2) is 75.8 Å². The zero-order valence-corrected chi connectivity index (χ0v) is 19.6. The van der Waals surface area contributed by atoms with Crippen LogP contribution in [-0.2, 0) is 16.7 Å². The maximum atomic E-state index is 13.4. The van der Waals surface area contributed by atoms with Crippen molar-refractivity contribution >= 4 is 40.6 Å². The number of fused-ring (bicyclic) bond motifs is 1. The van der Waals surface area contributed by atoms with Gasteiger partial charge in [-0.15, -0.1) is 21.2 Å². The average Bonchev–Trinajstić information content (AvgIpc) is 3.42. The predicted molar refractivity (Wildman–Crippen MR) is 117 cm³/mol. The summed E-state index contributed by atoms with van der Waals surface area (Å²) in [4.78, 5) is 37.8. The molecule has 11 nitrogen and oxygen atoms in total. The lowest BCUT2D eigenvalue weighted by Gasteiger charge is -2.40. The van der Waals surface area contributed by atoms with Crippen LogP contribution in [0.15, 0.2) is 19.8 Å². The second-order valence-electron chi connectivity index (χ2n) is 7.13. The summed E-state index contributed by atoms with van der Waals surface area (Å²) in [6, 6.07) is 0. The van der Waals surface area contributed by atoms with Gasteiger partial charge < -0.3 is 15.1 Å². The number of piperazine rings is 1. The molecule has 1 unspecified atom stereocenters. The van der Waals surface area contributed by atoms with Gasteiger partial charge in [-0.1, -0.05) is 17.3 Å². The standard InChI is InChI=1S/C18H19F3N8O3S2/c1-3-4-7-28-11-12(24-15(26(2)13(11)30)34-16-25-23-10-33-16)29(32-14(31)18(19,20)21)17(28)27-8-5-22-6-9-27/h10,17,22H,5-9H2,1-2H3. The number of rotatable bonds is 5. The Kier molecular flexibility index (Phi) is 6.98. The van der Waals surface area contributed by atoms with Gasteiger partial charge >= 0.3 is 12.1 Å². The quantitative estimate of drug-likeness (QED) is 0.447. The first-order valence-electron chi connectivity index (χ1n) is 9.96. The monoisotopic (exact) mass is 516 g/mol. The summed E-state index contributed by atoms with van der Waals surface area (Å²) < 4.78 is 41.2. The van der Waals surface area contributed by atoms with E-state index in [9.17, 15) is 22.8 Å². The first-order valence-corrected chi connectivity index (χ1v) is 11.7. The Morgan fingerprint density at radius 1 is 1.38 bits per heavy atom. The van der Waals surface area contributed by atoms with Crippen molar-refractivity contribution in [2.75, 3.05) is 42.7 Å². The lowest BCUT2D eigenvalue weighted by molar-refractivity contribution is -0.203. The van der Waals surface area contributed by atoms with E-state index in [2.05, 4.69) is 32.3 Å². The number of aromatic nitrogens is 4. The van der Waals surface area contributed by atoms with E-state index in [1.54, 1.807) is 11.8 Å². The minimum absolute atomic E-state index is 0.00892. The minimum atomic E-state index is -5.24. The molecule has 1 saturated heterocycles. The molecule has 1 atom stereocenters. The number of alkyl halides is 3. The molecule has 0 radical (unpaired) electrons. The fraction of sp³-hybridized carbons (Fsp3) is 0.500. The van der Waals surface area contributed by atoms with Crippen molar-refractivity contribution < 1.29 is 22.8 Å². The van der Waals surface area contributed by atoms with Crippen molar-refractivity contribution in [2.24, 2.45) is 7.05 Å². The molecule has 0 saturated carbocycles. The lowest BCUT2D eigenvalue weighted by Crippen LogP contribution is -2.61. The van der Waals surface area contributed by atoms with E-state index in [1.807, 2.05) is 0 Å². The molecule has 0 bridgehead atoms. The number of nitrogens with zero attached hydrogens (tertiary/aromatic N) is 7. The molecule has 4 rings (SSSR count). The zero-order chi connectivity index (χ0) is 24.5. The van der Waals surface area contributed by atoms with Gasteiger partial charge in [-0.3, -0.25) is 14.3 Å². The molecule has 2 aliphatic heterocycles. The van der Waals surface area contributed by atoms with Crippen LogP contribution in [0.3, 0.4) is 0 Å². The smallest absolute Gasteiger partial charge is 0.327 e. The van der Waals surface area contributed by atoms with Gasteiger partial charge in [0.2, 0.25) is 0 Å². The second-order valence-corrected chi connectivity index (χ2v) is 9.17. The molecular weight excluding hydrogens is 497 g/mol. The fourth-order valence-corrected chi connectivity index (χ4v) is 4.93. The summed E-state index contributed by atoms with van der Waals surface area (Å²) in [6.07, 6.45) is -6.28. The molecule has 4 heterocycles. The average molecular weight is 517 g/mol. The van der Waals surface area contributed by atoms with Crippen LogP contribution in [0.4, 0.5) is 24.7 Å². The molecule has 1 N–H and O–H groups in total. The Hall–Kier alpha value is -2.87. The number of hydroxylamine groups is 1. The molecule has 0 aromatic carbocycles. The van der Waals surface area contributed by atoms with Gasteiger partial charge in [-0.2, -0.15) is 13.2 Å². The molecule has 2 aromatic heterocycles. The Bertz CT molecular complexity index is 1170. The Balaban J connectivity index is 1.85. The van der Waals surface area contributed by atoms with Crippen molar-refractivity contribution in [1.82, 2.24) is 30.0 Å². The SMILES string of the molecule is CC#CCN1c2c(nc(Sc3nncs3)n(C)c2=O)N(OC(=O)C(F)(F)F)C1N1CCNCC1. The van der Waals surface area contributed by atoms with Crippen LogP contribution in [0, 0.1) is 11.8 Å². The van der Waals surface area contributed by atoms with E-state index in [0.29, 0.717) is 30.5 Å². The topological polar surface area (TPSA) is 109 Å². The maximum absolute atomic E-state index is 13.4. The molecule has 34 heavy (non-hydrogen) atoms. The highest BCUT2D eigenvalue weighted by molar-refractivity contribution is 8.00. The number of carbonyl (C=O) groups is 1. The molecule has 0 spiro atoms. The fourth-order valence-electron chi connectivity index (χ4n) is 3.51. The van der Waals surface area contributed by atoms with Gasteiger partial charge in [0.15, 0.2) is 27.3 Å². The third kappa shape index (κ3) is 4.69. The summed E-state index contributed by atoms with van der Waals surface area (Å²) in [7, 11) is 1.49. The molecule has 0 amide bonds. The molecule has 1 fully saturated rings. The number of hydrogen-bond acceptors (Lipinski definition) is 12. The van der Waals surface area contributed by atoms with Gasteiger partial charge in [0.25, 0.3) is 5.56 Å². The largest absolute Gasteiger partial charge is 0.493 e. The van der Waals surface area contributed by atoms with Crippen LogP contribution in [0.2, 0.25) is 0 Å². The van der Waals surface area contributed by atoms with Gasteiger partial charge in [-0.25, -0.2) is 9.78 Å². The number of carbonyl (C=O) groups excluding carboxylic acids is 1. The summed E-state index contributed by atoms with van der Waals surface area (Å²) in [6.45, 7) is 3.60. The Labute approximate surface area is 199 Å². The first kappa shape index (κ1) is 24.3. The predicted octanol–water partition coefficient (Wildman–Crippen LogP) is 0.642. The number of anilines is 2. The lowest BCUT2D eigenvalue weighted by atomic mass is 10.3. The Morgan fingerprint density at radius 2 is 2.12 bits per heavy atom. The van der Waals surface area contributed by atoms with Crippen LogP contribution in [0.5, 0.6) is 0 Å². The van der Waals surface area contributed by atoms with Crippen LogP contribution in [0.1, 0.15) is 6.92 Å². The van der Waals surface area contributed by atoms with Crippen molar-refractivity contribution in [3.8, 4) is 11.8 Å². The second kappa shape index (κ2) is 9.78. The van der Waals surface area contributed by atoms with E-state index < -0.39 is 24.0 Å². The van der Waals surface area contributed by atoms with E-state index in [0.717, 1.165) is 16.8 Å². The van der Waals surface area contributed by atoms with Crippen LogP contribution < -0.4 is 20.8 Å². The third-order valence-corrected chi connectivity index (χ3v) is 6.85. The van der Waals surface area contributed by atoms with Gasteiger partial charge in [-0.05, 0) is 18.7 Å². The number of hydrogen-bond donors (Lipinski definition) is 1. The zero-order valence-electron chi connectivity index (χ0n) is 18.0. The molecule has 182 valence electrons. The summed E-state index contributed by atoms with van der Waals surface area (Å²) in [5.41, 5.74) is 0.961. The van der Waals surface area contributed by atoms with Crippen molar-refractivity contribution in [2.45, 2.75) is 28.9 Å². The number of halogens is 3. The molecule has 16 heteroatoms. The van der Waals surface area contributed by atoms with E-state index in [1.165, 1.54) is 33.4 Å². The summed E-state index contributed by atoms with van der Waals surface area (Å²) in [5, 5.41) is 11.7. The van der Waals surface area contributed by atoms with Crippen molar-refractivity contribution in [1.29, 1.82) is 0 Å². The summed E-state index contributed by atoms with van der Waals surface area (Å²) in [5.74, 6) is 2.96. The number of nitrogens with one attached hydrogen (secondary N) is 1. The first-order chi connectivity index (χ1) is 16.2. The van der Waals surface area contributed by atoms with Crippen molar-refractivity contribution in [3.63, 3.8) is 0 Å². The molecule has 0 aliphatic carbocycles. The van der Waals surface area contributed by atoms with Crippen molar-refractivity contribution in [3.05, 3.63) is 15.9 Å². The minimum Gasteiger partial charge on any atom is -0.327 e. The van der Waals surface area contributed by atoms with Gasteiger partial charge in [0.1, 0.15) is 5.51 Å². The molecular formula is C18H19F3N8O3S2. The Morgan fingerprint density at radius 3 is 2.74 bits per heavy atom. The highest BCUT2D eigenvalue weighted by atomic mass is 32.2. The van der Waals surface area contributed by atoms with E-state index >= 15 is 0 Å². The van der Waals surface area contributed by atoms with E-state index in [-0.39, 0.29) is 23.2 Å². The maximum Gasteiger partial charge on any atom is 0.493 e. The van der Waals surface area contributed by atoms with Gasteiger partial charge in [0, 0.05) is 33.2 Å². The molecule has 2 aromatic rings. The normalized spacial score (nSPS) is 18.4. The van der Waals surface area contributed by atoms with Gasteiger partial charge in [0.05, 0.1) is 6.54 Å². The summed E-state index contributed by atoms with van der Waals surface area (Å²) >= 11 is 2.23. The molecule has 2 aliphatic rings. The van der Waals surface area contributed by atoms with Crippen LogP contribution in [0.25, 0.3) is 0 Å². The van der Waals surface area contributed by atoms with E-state index in [4.69, 9.17) is 4.84 Å². The highest BCUT2D eigenvalue weighted by Crippen LogP contribution is 2.40. The van der Waals surface area contributed by atoms with Crippen LogP contribution >= 0.6 is 23.1 Å².